The molecule has 1 amide bonds. The zero-order chi connectivity index (χ0) is 14.8. The molecule has 0 saturated carbocycles. The summed E-state index contributed by atoms with van der Waals surface area (Å²) in [7, 11) is -3.00. The van der Waals surface area contributed by atoms with Gasteiger partial charge in [0, 0.05) is 11.1 Å². The third-order valence-electron chi connectivity index (χ3n) is 2.85. The molecule has 1 aromatic rings. The van der Waals surface area contributed by atoms with Crippen LogP contribution >= 0.6 is 27.5 Å². The Balaban J connectivity index is 1.84. The molecule has 1 aliphatic heterocycles. The Kier molecular flexibility index (Phi) is 4.93. The van der Waals surface area contributed by atoms with E-state index >= 15 is 0 Å². The zero-order valence-corrected chi connectivity index (χ0v) is 13.6. The number of hydrogen-bond acceptors (Lipinski definition) is 4. The van der Waals surface area contributed by atoms with Crippen LogP contribution in [0.25, 0.3) is 0 Å². The van der Waals surface area contributed by atoms with Crippen LogP contribution in [0.15, 0.2) is 22.7 Å². The molecule has 1 heterocycles. The summed E-state index contributed by atoms with van der Waals surface area (Å²) in [6.45, 7) is -0.170. The average Bonchev–Trinajstić information content (AvgIpc) is 2.67. The van der Waals surface area contributed by atoms with E-state index in [2.05, 4.69) is 21.2 Å². The van der Waals surface area contributed by atoms with E-state index in [9.17, 15) is 13.2 Å². The molecule has 1 aromatic carbocycles. The Morgan fingerprint density at radius 3 is 2.85 bits per heavy atom. The summed E-state index contributed by atoms with van der Waals surface area (Å²) in [6.07, 6.45) is 0.457. The van der Waals surface area contributed by atoms with Crippen molar-refractivity contribution in [2.75, 3.05) is 18.1 Å². The van der Waals surface area contributed by atoms with Gasteiger partial charge in [-0.1, -0.05) is 11.6 Å². The lowest BCUT2D eigenvalue weighted by Crippen LogP contribution is -2.38. The Labute approximate surface area is 130 Å². The van der Waals surface area contributed by atoms with Gasteiger partial charge in [-0.25, -0.2) is 8.42 Å². The van der Waals surface area contributed by atoms with Crippen LogP contribution in [0, 0.1) is 0 Å². The highest BCUT2D eigenvalue weighted by atomic mass is 79.9. The molecule has 0 aromatic heterocycles. The number of carbonyl (C=O) groups excluding carboxylic acids is 1. The summed E-state index contributed by atoms with van der Waals surface area (Å²) in [5, 5.41) is 3.21. The first-order valence-corrected chi connectivity index (χ1v) is 8.92. The number of hydrogen-bond donors (Lipinski definition) is 1. The van der Waals surface area contributed by atoms with Crippen LogP contribution < -0.4 is 10.1 Å². The Hall–Kier alpha value is -0.790. The van der Waals surface area contributed by atoms with E-state index in [1.165, 1.54) is 0 Å². The van der Waals surface area contributed by atoms with Crippen LogP contribution in [0.2, 0.25) is 5.02 Å². The van der Waals surface area contributed by atoms with Gasteiger partial charge in [-0.15, -0.1) is 0 Å². The molecule has 2 rings (SSSR count). The Morgan fingerprint density at radius 2 is 2.25 bits per heavy atom. The second-order valence-electron chi connectivity index (χ2n) is 4.53. The highest BCUT2D eigenvalue weighted by molar-refractivity contribution is 9.10. The van der Waals surface area contributed by atoms with Crippen molar-refractivity contribution in [3.8, 4) is 5.75 Å². The second-order valence-corrected chi connectivity index (χ2v) is 8.05. The van der Waals surface area contributed by atoms with Gasteiger partial charge in [-0.05, 0) is 40.5 Å². The first-order valence-electron chi connectivity index (χ1n) is 5.93. The molecule has 1 atom stereocenters. The van der Waals surface area contributed by atoms with Crippen LogP contribution in [0.1, 0.15) is 6.42 Å². The number of rotatable bonds is 4. The van der Waals surface area contributed by atoms with Gasteiger partial charge in [-0.2, -0.15) is 0 Å². The number of benzene rings is 1. The highest BCUT2D eigenvalue weighted by Gasteiger charge is 2.28. The minimum Gasteiger partial charge on any atom is -0.483 e. The fourth-order valence-corrected chi connectivity index (χ4v) is 4.38. The average molecular weight is 383 g/mol. The third-order valence-corrected chi connectivity index (χ3v) is 5.47. The predicted octanol–water partition coefficient (Wildman–Crippen LogP) is 1.78. The molecule has 0 unspecified atom stereocenters. The summed E-state index contributed by atoms with van der Waals surface area (Å²) in [6, 6.07) is 4.66. The van der Waals surface area contributed by atoms with E-state index in [1.54, 1.807) is 18.2 Å². The van der Waals surface area contributed by atoms with Crippen LogP contribution in [0.3, 0.4) is 0 Å². The molecular weight excluding hydrogens is 370 g/mol. The molecule has 110 valence electrons. The first-order chi connectivity index (χ1) is 9.35. The lowest BCUT2D eigenvalue weighted by atomic mass is 10.2. The van der Waals surface area contributed by atoms with E-state index < -0.39 is 9.84 Å². The maximum atomic E-state index is 11.7. The second kappa shape index (κ2) is 6.32. The minimum atomic E-state index is -3.00. The molecule has 0 spiro atoms. The van der Waals surface area contributed by atoms with Gasteiger partial charge in [0.2, 0.25) is 0 Å². The normalized spacial score (nSPS) is 20.6. The molecule has 0 aliphatic carbocycles. The van der Waals surface area contributed by atoms with Crippen LogP contribution in [0.5, 0.6) is 5.75 Å². The van der Waals surface area contributed by atoms with Crippen LogP contribution in [-0.4, -0.2) is 38.5 Å². The van der Waals surface area contributed by atoms with Crippen molar-refractivity contribution in [2.45, 2.75) is 12.5 Å². The summed E-state index contributed by atoms with van der Waals surface area (Å²) < 4.78 is 28.6. The summed E-state index contributed by atoms with van der Waals surface area (Å²) in [4.78, 5) is 11.7. The molecule has 1 aliphatic rings. The van der Waals surface area contributed by atoms with Gasteiger partial charge in [-0.3, -0.25) is 4.79 Å². The quantitative estimate of drug-likeness (QED) is 0.861. The molecule has 20 heavy (non-hydrogen) atoms. The van der Waals surface area contributed by atoms with Crippen LogP contribution in [0.4, 0.5) is 0 Å². The van der Waals surface area contributed by atoms with Crippen molar-refractivity contribution in [2.24, 2.45) is 0 Å². The van der Waals surface area contributed by atoms with Crippen molar-refractivity contribution in [3.05, 3.63) is 27.7 Å². The van der Waals surface area contributed by atoms with E-state index in [1.807, 2.05) is 0 Å². The molecule has 0 bridgehead atoms. The van der Waals surface area contributed by atoms with Gasteiger partial charge in [0.1, 0.15) is 5.75 Å². The molecule has 1 fully saturated rings. The summed E-state index contributed by atoms with van der Waals surface area (Å²) in [5.41, 5.74) is 0. The summed E-state index contributed by atoms with van der Waals surface area (Å²) >= 11 is 9.08. The minimum absolute atomic E-state index is 0.00335. The maximum absolute atomic E-state index is 11.7. The monoisotopic (exact) mass is 381 g/mol. The standard InChI is InChI=1S/C12H13BrClNO4S/c13-10-5-8(14)1-2-11(10)19-6-12(16)15-9-3-4-20(17,18)7-9/h1-2,5,9H,3-4,6-7H2,(H,15,16)/t9-/m0/s1. The number of sulfone groups is 1. The largest absolute Gasteiger partial charge is 0.483 e. The Morgan fingerprint density at radius 1 is 1.50 bits per heavy atom. The van der Waals surface area contributed by atoms with Gasteiger partial charge < -0.3 is 10.1 Å². The van der Waals surface area contributed by atoms with Gasteiger partial charge >= 0.3 is 0 Å². The zero-order valence-electron chi connectivity index (χ0n) is 10.4. The van der Waals surface area contributed by atoms with Gasteiger partial charge in [0.05, 0.1) is 16.0 Å². The molecule has 5 nitrogen and oxygen atoms in total. The van der Waals surface area contributed by atoms with E-state index in [4.69, 9.17) is 16.3 Å². The number of nitrogens with one attached hydrogen (secondary N) is 1. The van der Waals surface area contributed by atoms with Crippen molar-refractivity contribution >= 4 is 43.3 Å². The van der Waals surface area contributed by atoms with Crippen molar-refractivity contribution in [1.82, 2.24) is 5.32 Å². The molecule has 0 radical (unpaired) electrons. The van der Waals surface area contributed by atoms with Gasteiger partial charge in [0.15, 0.2) is 16.4 Å². The SMILES string of the molecule is O=C(COc1ccc(Cl)cc1Br)N[C@H]1CCS(=O)(=O)C1. The maximum Gasteiger partial charge on any atom is 0.258 e. The van der Waals surface area contributed by atoms with E-state index in [-0.39, 0.29) is 30.1 Å². The fraction of sp³-hybridized carbons (Fsp3) is 0.417. The van der Waals surface area contributed by atoms with Crippen LogP contribution in [-0.2, 0) is 14.6 Å². The number of ether oxygens (including phenoxy) is 1. The van der Waals surface area contributed by atoms with E-state index in [0.717, 1.165) is 0 Å². The predicted molar refractivity (Wildman–Crippen MR) is 79.8 cm³/mol. The summed E-state index contributed by atoms with van der Waals surface area (Å²) in [5.74, 6) is 0.294. The van der Waals surface area contributed by atoms with Crippen molar-refractivity contribution < 1.29 is 17.9 Å². The third kappa shape index (κ3) is 4.36. The molecular formula is C12H13BrClNO4S. The number of halogens is 2. The molecule has 1 saturated heterocycles. The number of carbonyl (C=O) groups is 1. The highest BCUT2D eigenvalue weighted by Crippen LogP contribution is 2.27. The molecule has 1 N–H and O–H groups in total. The Bertz CT molecular complexity index is 620. The van der Waals surface area contributed by atoms with Crippen molar-refractivity contribution in [1.29, 1.82) is 0 Å². The van der Waals surface area contributed by atoms with E-state index in [0.29, 0.717) is 21.7 Å². The first kappa shape index (κ1) is 15.6. The van der Waals surface area contributed by atoms with Crippen molar-refractivity contribution in [3.63, 3.8) is 0 Å². The number of amides is 1. The fourth-order valence-electron chi connectivity index (χ4n) is 1.91. The lowest BCUT2D eigenvalue weighted by Gasteiger charge is -2.12. The smallest absolute Gasteiger partial charge is 0.258 e. The lowest BCUT2D eigenvalue weighted by molar-refractivity contribution is -0.123. The topological polar surface area (TPSA) is 72.5 Å². The molecule has 8 heteroatoms. The van der Waals surface area contributed by atoms with Gasteiger partial charge in [0.25, 0.3) is 5.91 Å².